The summed E-state index contributed by atoms with van der Waals surface area (Å²) in [7, 11) is 39.5. The Morgan fingerprint density at radius 2 is 0.597 bits per heavy atom. The van der Waals surface area contributed by atoms with Crippen LogP contribution in [-0.4, -0.2) is 143 Å². The van der Waals surface area contributed by atoms with E-state index in [0.29, 0.717) is 0 Å². The number of hydrogen-bond donors (Lipinski definition) is 2. The van der Waals surface area contributed by atoms with Gasteiger partial charge in [0, 0.05) is 95.5 Å². The number of fused-ring (bicyclic) bond motifs is 8. The van der Waals surface area contributed by atoms with Gasteiger partial charge in [0.05, 0.1) is 22.8 Å². The van der Waals surface area contributed by atoms with Gasteiger partial charge in [-0.15, -0.1) is 0 Å². The van der Waals surface area contributed by atoms with Crippen LogP contribution in [0.15, 0.2) is 24.3 Å². The first-order chi connectivity index (χ1) is 34.0. The summed E-state index contributed by atoms with van der Waals surface area (Å²) in [5.74, 6) is -12.7. The number of carbonyl (C=O) groups excluding carboxylic acids is 8. The summed E-state index contributed by atoms with van der Waals surface area (Å²) in [6.07, 6.45) is -7.69. The SMILES string of the molecule is O=C([O-])CCC1=C(CC(=O)[O-])c2cc3nc(cc4[nH]c(cc5[nH]c(cc1n2)c(CC(=O)[O-])c5CCC(=O)[O-])c(CC(=O)[O-])c4CCC(=O)[O-])C(CC(=O)[O-])=C3CCC(=O)[O-].[Cl][Sn+2][Cl].[Cl][Sn+2][Cl].[Cl][Sn+2][Cl].[Cl][Sn+2][Cl]. The Bertz CT molecular complexity index is 2710. The number of aromatic amines is 2. The molecule has 0 aliphatic carbocycles. The number of H-pyrrole nitrogens is 2. The summed E-state index contributed by atoms with van der Waals surface area (Å²) < 4.78 is 0. The van der Waals surface area contributed by atoms with Crippen molar-refractivity contribution >= 4 is 239 Å². The molecule has 0 fully saturated rings. The molecule has 2 aliphatic heterocycles. The number of nitrogens with one attached hydrogen (secondary N) is 2. The summed E-state index contributed by atoms with van der Waals surface area (Å²) in [4.78, 5) is 110. The third-order valence-electron chi connectivity index (χ3n) is 9.74. The molecular weight excluding hydrogens is 1550 g/mol. The van der Waals surface area contributed by atoms with Crippen LogP contribution < -0.4 is 40.9 Å². The van der Waals surface area contributed by atoms with E-state index in [-0.39, 0.29) is 102 Å². The third kappa shape index (κ3) is 23.4. The Morgan fingerprint density at radius 3 is 0.917 bits per heavy atom. The van der Waals surface area contributed by atoms with Crippen LogP contribution >= 0.6 is 71.4 Å². The van der Waals surface area contributed by atoms with Crippen molar-refractivity contribution in [3.63, 3.8) is 0 Å². The number of carboxylic acid groups (broad SMARTS) is 8. The van der Waals surface area contributed by atoms with Crippen LogP contribution in [0, 0.1) is 0 Å². The molecule has 0 amide bonds. The van der Waals surface area contributed by atoms with Crippen LogP contribution in [0.25, 0.3) is 44.4 Å². The summed E-state index contributed by atoms with van der Waals surface area (Å²) >= 11 is -3.30. The van der Waals surface area contributed by atoms with Gasteiger partial charge in [-0.2, -0.15) is 0 Å². The number of allylic oxidation sites excluding steroid dienone is 2. The van der Waals surface area contributed by atoms with Gasteiger partial charge in [-0.3, -0.25) is 0 Å². The fourth-order valence-corrected chi connectivity index (χ4v) is 7.32. The molecule has 3 aromatic heterocycles. The molecule has 2 N–H and O–H groups in total. The Kier molecular flexibility index (Phi) is 34.0. The van der Waals surface area contributed by atoms with Crippen molar-refractivity contribution < 1.29 is 79.2 Å². The number of aryl methyl sites for hydroxylation is 2. The van der Waals surface area contributed by atoms with Gasteiger partial charge in [-0.05, 0) is 120 Å². The predicted molar refractivity (Wildman–Crippen MR) is 256 cm³/mol. The van der Waals surface area contributed by atoms with Crippen LogP contribution in [0.2, 0.25) is 0 Å². The van der Waals surface area contributed by atoms with E-state index in [1.165, 1.54) is 24.3 Å². The van der Waals surface area contributed by atoms with Crippen LogP contribution in [0.3, 0.4) is 0 Å². The Labute approximate surface area is 478 Å². The minimum atomic E-state index is -1.65. The van der Waals surface area contributed by atoms with Crippen molar-refractivity contribution in [2.24, 2.45) is 0 Å². The number of aliphatic carboxylic acids is 8. The zero-order chi connectivity index (χ0) is 54.8. The Morgan fingerprint density at radius 1 is 0.347 bits per heavy atom. The van der Waals surface area contributed by atoms with E-state index in [0.717, 1.165) is 0 Å². The standard InChI is InChI=1S/C40H38N4O16.8ClH.4Sn/c45-33(46)5-1-17-21(9-37(53)54)29-14-26-19(3-7-35(49)50)23(11-39(57)58)31(43-26)16-28-20(4-8-36(51)52)24(12-40(59)60)32(44-28)15-27-18(2-6-34(47)48)22(10-38(55)56)30(42-27)13-25(17)41-29;;;;;;;;;;;;/h13-16,41-42H,1-12H2,(H,45,46)(H,47,48)(H,49,50)(H,51,52)(H,53,54)(H,55,56)(H,57,58)(H,59,60);8*1H;;;;/q;;;;;;;;;4*+4/p-16. The van der Waals surface area contributed by atoms with Gasteiger partial charge in [0.25, 0.3) is 0 Å². The molecule has 378 valence electrons. The molecule has 0 aromatic carbocycles. The minimum absolute atomic E-state index is 0.00163. The maximum absolute atomic E-state index is 12.2. The first kappa shape index (κ1) is 67.9. The van der Waals surface area contributed by atoms with E-state index >= 15 is 0 Å². The molecule has 5 rings (SSSR count). The van der Waals surface area contributed by atoms with Gasteiger partial charge in [0.2, 0.25) is 0 Å². The van der Waals surface area contributed by atoms with Crippen molar-refractivity contribution in [3.05, 3.63) is 69.3 Å². The molecule has 0 atom stereocenters. The van der Waals surface area contributed by atoms with Gasteiger partial charge in [-0.1, -0.05) is 0 Å². The number of nitrogens with zero attached hydrogens (tertiary/aromatic N) is 2. The first-order valence-corrected chi connectivity index (χ1v) is 48.6. The number of carbonyl (C=O) groups is 8. The molecule has 3 aromatic rings. The van der Waals surface area contributed by atoms with Crippen molar-refractivity contribution in [2.75, 3.05) is 0 Å². The zero-order valence-electron chi connectivity index (χ0n) is 36.2. The predicted octanol–water partition coefficient (Wildman–Crippen LogP) is -2.58. The molecular formula is C40H30Cl8N4O16Sn4. The summed E-state index contributed by atoms with van der Waals surface area (Å²) in [5.41, 5.74) is -1.04. The second-order valence-electron chi connectivity index (χ2n) is 14.0. The molecule has 0 saturated heterocycles. The van der Waals surface area contributed by atoms with Gasteiger partial charge >= 0.3 is 147 Å². The van der Waals surface area contributed by atoms with E-state index in [1.807, 2.05) is 0 Å². The molecule has 72 heavy (non-hydrogen) atoms. The van der Waals surface area contributed by atoms with Crippen molar-refractivity contribution in [1.29, 1.82) is 0 Å². The number of halogens is 8. The van der Waals surface area contributed by atoms with E-state index < -0.39 is 188 Å². The monoisotopic (exact) mass is 1580 g/mol. The van der Waals surface area contributed by atoms with E-state index in [2.05, 4.69) is 19.9 Å². The Hall–Kier alpha value is -2.13. The molecule has 20 nitrogen and oxygen atoms in total. The second-order valence-corrected chi connectivity index (χ2v) is 31.0. The summed E-state index contributed by atoms with van der Waals surface area (Å²) in [6.45, 7) is 0. The quantitative estimate of drug-likeness (QED) is 0.110. The molecule has 2 aliphatic rings. The van der Waals surface area contributed by atoms with Gasteiger partial charge < -0.3 is 89.2 Å². The molecule has 0 unspecified atom stereocenters. The fourth-order valence-electron chi connectivity index (χ4n) is 7.32. The molecule has 8 bridgehead atoms. The first-order valence-electron chi connectivity index (χ1n) is 19.6. The van der Waals surface area contributed by atoms with Crippen LogP contribution in [0.5, 0.6) is 0 Å². The zero-order valence-corrected chi connectivity index (χ0v) is 53.7. The van der Waals surface area contributed by atoms with Crippen LogP contribution in [-0.2, 0) is 64.0 Å². The summed E-state index contributed by atoms with van der Waals surface area (Å²) in [5, 5.41) is 95.3. The molecule has 0 spiro atoms. The number of aromatic nitrogens is 4. The van der Waals surface area contributed by atoms with Crippen LogP contribution in [0.1, 0.15) is 96.4 Å². The average Bonchev–Trinajstić information content (AvgIpc) is 3.95. The van der Waals surface area contributed by atoms with E-state index in [1.54, 1.807) is 0 Å². The number of carboxylic acids is 8. The normalized spacial score (nSPS) is 10.9. The molecule has 5 heterocycles. The third-order valence-corrected chi connectivity index (χ3v) is 9.74. The van der Waals surface area contributed by atoms with Crippen molar-refractivity contribution in [3.8, 4) is 0 Å². The summed E-state index contributed by atoms with van der Waals surface area (Å²) in [6, 6.07) is 4.92. The van der Waals surface area contributed by atoms with Gasteiger partial charge in [-0.25, -0.2) is 9.97 Å². The topological polar surface area (TPSA) is 378 Å². The number of hydrogen-bond acceptors (Lipinski definition) is 18. The van der Waals surface area contributed by atoms with Gasteiger partial charge in [0.15, 0.2) is 0 Å². The second kappa shape index (κ2) is 36.0. The molecule has 0 radical (unpaired) electrons. The average molecular weight is 1580 g/mol. The van der Waals surface area contributed by atoms with Crippen molar-refractivity contribution in [1.82, 2.24) is 19.9 Å². The molecule has 32 heteroatoms. The molecule has 0 saturated carbocycles. The Balaban J connectivity index is 0.00000196. The van der Waals surface area contributed by atoms with E-state index in [4.69, 9.17) is 71.4 Å². The van der Waals surface area contributed by atoms with Gasteiger partial charge in [0.1, 0.15) is 0 Å². The maximum atomic E-state index is 12.2. The number of rotatable bonds is 20. The fraction of sp³-hybridized carbons (Fsp3) is 0.300. The van der Waals surface area contributed by atoms with Crippen LogP contribution in [0.4, 0.5) is 0 Å². The van der Waals surface area contributed by atoms with E-state index in [9.17, 15) is 79.2 Å². The van der Waals surface area contributed by atoms with Crippen molar-refractivity contribution in [2.45, 2.75) is 77.0 Å².